The molecule has 0 bridgehead atoms. The summed E-state index contributed by atoms with van der Waals surface area (Å²) in [5, 5.41) is 10.8. The van der Waals surface area contributed by atoms with Gasteiger partial charge >= 0.3 is 0 Å². The number of amides is 1. The third kappa shape index (κ3) is 5.40. The van der Waals surface area contributed by atoms with Crippen LogP contribution in [0.15, 0.2) is 24.3 Å². The molecule has 6 nitrogen and oxygen atoms in total. The SMILES string of the molecule is CCOc1ccc(NC(=O)CS(=O)(=O)CC#N)cc1. The fourth-order valence-corrected chi connectivity index (χ4v) is 2.12. The summed E-state index contributed by atoms with van der Waals surface area (Å²) in [5.41, 5.74) is 0.473. The highest BCUT2D eigenvalue weighted by atomic mass is 32.2. The normalized spacial score (nSPS) is 10.5. The van der Waals surface area contributed by atoms with Gasteiger partial charge < -0.3 is 10.1 Å². The number of hydrogen-bond donors (Lipinski definition) is 1. The molecule has 0 aromatic heterocycles. The second-order valence-electron chi connectivity index (χ2n) is 3.70. The lowest BCUT2D eigenvalue weighted by Gasteiger charge is -2.06. The van der Waals surface area contributed by atoms with E-state index in [4.69, 9.17) is 10.00 Å². The first kappa shape index (κ1) is 15.0. The highest BCUT2D eigenvalue weighted by molar-refractivity contribution is 7.92. The molecule has 0 aliphatic rings. The highest BCUT2D eigenvalue weighted by Crippen LogP contribution is 2.15. The van der Waals surface area contributed by atoms with Crippen molar-refractivity contribution in [2.75, 3.05) is 23.4 Å². The van der Waals surface area contributed by atoms with Gasteiger partial charge in [-0.15, -0.1) is 0 Å². The average molecular weight is 282 g/mol. The zero-order valence-corrected chi connectivity index (χ0v) is 11.2. The van der Waals surface area contributed by atoms with Crippen molar-refractivity contribution in [1.82, 2.24) is 0 Å². The number of hydrogen-bond acceptors (Lipinski definition) is 5. The van der Waals surface area contributed by atoms with E-state index in [1.54, 1.807) is 24.3 Å². The van der Waals surface area contributed by atoms with Crippen molar-refractivity contribution in [1.29, 1.82) is 5.26 Å². The Bertz CT molecular complexity index is 573. The zero-order valence-electron chi connectivity index (χ0n) is 10.4. The van der Waals surface area contributed by atoms with E-state index in [1.165, 1.54) is 6.07 Å². The molecule has 1 rings (SSSR count). The van der Waals surface area contributed by atoms with Crippen LogP contribution in [0.2, 0.25) is 0 Å². The van der Waals surface area contributed by atoms with Gasteiger partial charge in [-0.2, -0.15) is 5.26 Å². The van der Waals surface area contributed by atoms with Crippen LogP contribution in [0.5, 0.6) is 5.75 Å². The topological polar surface area (TPSA) is 96.3 Å². The summed E-state index contributed by atoms with van der Waals surface area (Å²) in [6.07, 6.45) is 0. The van der Waals surface area contributed by atoms with Crippen LogP contribution in [-0.2, 0) is 14.6 Å². The lowest BCUT2D eigenvalue weighted by molar-refractivity contribution is -0.113. The van der Waals surface area contributed by atoms with E-state index in [9.17, 15) is 13.2 Å². The highest BCUT2D eigenvalue weighted by Gasteiger charge is 2.16. The van der Waals surface area contributed by atoms with Gasteiger partial charge in [0, 0.05) is 5.69 Å². The first-order valence-corrected chi connectivity index (χ1v) is 7.39. The van der Waals surface area contributed by atoms with E-state index in [0.717, 1.165) is 0 Å². The molecule has 0 spiro atoms. The minimum atomic E-state index is -3.67. The van der Waals surface area contributed by atoms with Crippen molar-refractivity contribution in [2.45, 2.75) is 6.92 Å². The average Bonchev–Trinajstić information content (AvgIpc) is 2.31. The molecule has 0 aliphatic carbocycles. The van der Waals surface area contributed by atoms with Crippen molar-refractivity contribution in [3.05, 3.63) is 24.3 Å². The monoisotopic (exact) mass is 282 g/mol. The molecule has 1 aromatic carbocycles. The Balaban J connectivity index is 2.60. The number of carbonyl (C=O) groups is 1. The van der Waals surface area contributed by atoms with Crippen LogP contribution in [-0.4, -0.2) is 32.4 Å². The first-order chi connectivity index (χ1) is 8.96. The van der Waals surface area contributed by atoms with Crippen LogP contribution in [0.25, 0.3) is 0 Å². The van der Waals surface area contributed by atoms with Crippen molar-refractivity contribution in [3.8, 4) is 11.8 Å². The predicted octanol–water partition coefficient (Wildman–Crippen LogP) is 0.962. The second kappa shape index (κ2) is 6.75. The molecular formula is C12H14N2O4S. The first-order valence-electron chi connectivity index (χ1n) is 5.57. The van der Waals surface area contributed by atoms with E-state index < -0.39 is 27.3 Å². The molecule has 0 saturated heterocycles. The molecule has 7 heteroatoms. The summed E-state index contributed by atoms with van der Waals surface area (Å²) in [7, 11) is -3.67. The zero-order chi connectivity index (χ0) is 14.3. The fraction of sp³-hybridized carbons (Fsp3) is 0.333. The summed E-state index contributed by atoms with van der Waals surface area (Å²) in [4.78, 5) is 11.5. The van der Waals surface area contributed by atoms with Crippen LogP contribution >= 0.6 is 0 Å². The van der Waals surface area contributed by atoms with Gasteiger partial charge in [-0.25, -0.2) is 8.42 Å². The van der Waals surface area contributed by atoms with Crippen molar-refractivity contribution >= 4 is 21.4 Å². The maximum Gasteiger partial charge on any atom is 0.239 e. The van der Waals surface area contributed by atoms with E-state index in [0.29, 0.717) is 18.0 Å². The van der Waals surface area contributed by atoms with Gasteiger partial charge in [0.15, 0.2) is 9.84 Å². The van der Waals surface area contributed by atoms with E-state index in [-0.39, 0.29) is 0 Å². The number of anilines is 1. The maximum atomic E-state index is 11.5. The molecule has 0 saturated carbocycles. The molecule has 1 amide bonds. The molecule has 0 fully saturated rings. The molecule has 19 heavy (non-hydrogen) atoms. The third-order valence-corrected chi connectivity index (χ3v) is 3.36. The second-order valence-corrected chi connectivity index (χ2v) is 5.76. The Morgan fingerprint density at radius 2 is 2.00 bits per heavy atom. The van der Waals surface area contributed by atoms with E-state index >= 15 is 0 Å². The van der Waals surface area contributed by atoms with Crippen LogP contribution in [0.4, 0.5) is 5.69 Å². The largest absolute Gasteiger partial charge is 0.494 e. The lowest BCUT2D eigenvalue weighted by atomic mass is 10.3. The standard InChI is InChI=1S/C12H14N2O4S/c1-2-18-11-5-3-10(4-6-11)14-12(15)9-19(16,17)8-7-13/h3-6H,2,8-9H2,1H3,(H,14,15). The molecule has 102 valence electrons. The summed E-state index contributed by atoms with van der Waals surface area (Å²) in [6.45, 7) is 2.40. The molecule has 0 unspecified atom stereocenters. The molecule has 0 aliphatic heterocycles. The van der Waals surface area contributed by atoms with E-state index in [2.05, 4.69) is 5.32 Å². The van der Waals surface area contributed by atoms with Crippen molar-refractivity contribution < 1.29 is 17.9 Å². The van der Waals surface area contributed by atoms with Crippen LogP contribution in [0.1, 0.15) is 6.92 Å². The van der Waals surface area contributed by atoms with Crippen LogP contribution in [0.3, 0.4) is 0 Å². The predicted molar refractivity (Wildman–Crippen MR) is 70.5 cm³/mol. The van der Waals surface area contributed by atoms with Gasteiger partial charge in [-0.3, -0.25) is 4.79 Å². The van der Waals surface area contributed by atoms with Crippen LogP contribution < -0.4 is 10.1 Å². The van der Waals surface area contributed by atoms with Gasteiger partial charge in [0.2, 0.25) is 5.91 Å². The quantitative estimate of drug-likeness (QED) is 0.838. The Kier molecular flexibility index (Phi) is 5.33. The van der Waals surface area contributed by atoms with E-state index in [1.807, 2.05) is 6.92 Å². The van der Waals surface area contributed by atoms with Gasteiger partial charge in [-0.05, 0) is 31.2 Å². The van der Waals surface area contributed by atoms with Crippen LogP contribution in [0, 0.1) is 11.3 Å². The summed E-state index contributed by atoms with van der Waals surface area (Å²) in [5.74, 6) is -1.37. The Morgan fingerprint density at radius 3 is 2.53 bits per heavy atom. The molecule has 0 radical (unpaired) electrons. The molecular weight excluding hydrogens is 268 g/mol. The Hall–Kier alpha value is -2.07. The minimum Gasteiger partial charge on any atom is -0.494 e. The minimum absolute atomic E-state index is 0.473. The Labute approximate surface area is 111 Å². The van der Waals surface area contributed by atoms with Crippen molar-refractivity contribution in [3.63, 3.8) is 0 Å². The lowest BCUT2D eigenvalue weighted by Crippen LogP contribution is -2.24. The molecule has 1 N–H and O–H groups in total. The number of carbonyl (C=O) groups excluding carboxylic acids is 1. The molecule has 0 heterocycles. The number of sulfone groups is 1. The summed E-state index contributed by atoms with van der Waals surface area (Å²) >= 11 is 0. The Morgan fingerprint density at radius 1 is 1.37 bits per heavy atom. The number of nitrogens with zero attached hydrogens (tertiary/aromatic N) is 1. The van der Waals surface area contributed by atoms with Gasteiger partial charge in [0.25, 0.3) is 0 Å². The summed E-state index contributed by atoms with van der Waals surface area (Å²) < 4.78 is 27.8. The molecule has 0 atom stereocenters. The smallest absolute Gasteiger partial charge is 0.239 e. The number of nitriles is 1. The fourth-order valence-electron chi connectivity index (χ4n) is 1.35. The number of rotatable bonds is 6. The molecule has 1 aromatic rings. The number of ether oxygens (including phenoxy) is 1. The third-order valence-electron chi connectivity index (χ3n) is 2.08. The van der Waals surface area contributed by atoms with Gasteiger partial charge in [0.1, 0.15) is 17.3 Å². The maximum absolute atomic E-state index is 11.5. The van der Waals surface area contributed by atoms with Gasteiger partial charge in [0.05, 0.1) is 12.7 Å². The number of nitrogens with one attached hydrogen (secondary N) is 1. The summed E-state index contributed by atoms with van der Waals surface area (Å²) in [6, 6.07) is 8.08. The van der Waals surface area contributed by atoms with Gasteiger partial charge in [-0.1, -0.05) is 0 Å². The van der Waals surface area contributed by atoms with Crippen molar-refractivity contribution in [2.24, 2.45) is 0 Å². The number of benzene rings is 1.